The van der Waals surface area contributed by atoms with Gasteiger partial charge < -0.3 is 9.47 Å². The summed E-state index contributed by atoms with van der Waals surface area (Å²) in [5, 5.41) is 0. The van der Waals surface area contributed by atoms with Crippen molar-refractivity contribution in [2.75, 3.05) is 7.11 Å². The summed E-state index contributed by atoms with van der Waals surface area (Å²) in [5.74, 6) is -0.220. The number of allylic oxidation sites excluding steroid dienone is 2. The highest BCUT2D eigenvalue weighted by molar-refractivity contribution is 9.10. The first-order valence-electron chi connectivity index (χ1n) is 13.6. The maximum absolute atomic E-state index is 13.2. The molecule has 3 aromatic rings. The van der Waals surface area contributed by atoms with Gasteiger partial charge in [0.15, 0.2) is 0 Å². The van der Waals surface area contributed by atoms with E-state index in [0.29, 0.717) is 32.3 Å². The Bertz CT molecular complexity index is 1360. The zero-order valence-corrected chi connectivity index (χ0v) is 25.1. The smallest absolute Gasteiger partial charge is 0.305 e. The maximum atomic E-state index is 13.2. The standard InChI is InChI=1S/C32H36BrNO5S/c1-38-32(35)12-8-3-2-7-11-29-30(34-40(36,37)28-19-17-27(33)18-20-28)21-22-31(29)39-23-24-13-15-26(16-14-24)25-9-5-4-6-10-25/h2,4-7,9-10,13-20,29-31,34H,3,8,11-12,21-23H2,1H3/t29-,30+,31+/m1/s1. The van der Waals surface area contributed by atoms with E-state index in [1.54, 1.807) is 24.3 Å². The number of ether oxygens (including phenoxy) is 2. The van der Waals surface area contributed by atoms with Crippen LogP contribution in [0.3, 0.4) is 0 Å². The number of carbonyl (C=O) groups is 1. The van der Waals surface area contributed by atoms with Crippen molar-refractivity contribution in [1.82, 2.24) is 4.72 Å². The van der Waals surface area contributed by atoms with Gasteiger partial charge in [0.25, 0.3) is 0 Å². The van der Waals surface area contributed by atoms with Gasteiger partial charge in [0.1, 0.15) is 0 Å². The summed E-state index contributed by atoms with van der Waals surface area (Å²) in [6, 6.07) is 25.0. The highest BCUT2D eigenvalue weighted by Crippen LogP contribution is 2.34. The molecule has 1 N–H and O–H groups in total. The molecule has 0 heterocycles. The van der Waals surface area contributed by atoms with Crippen LogP contribution in [0.2, 0.25) is 0 Å². The van der Waals surface area contributed by atoms with E-state index in [-0.39, 0.29) is 28.9 Å². The Morgan fingerprint density at radius 2 is 1.65 bits per heavy atom. The number of methoxy groups -OCH3 is 1. The molecule has 4 rings (SSSR count). The topological polar surface area (TPSA) is 81.7 Å². The van der Waals surface area contributed by atoms with Crippen LogP contribution in [0.1, 0.15) is 44.1 Å². The van der Waals surface area contributed by atoms with Gasteiger partial charge in [-0.05, 0) is 73.1 Å². The summed E-state index contributed by atoms with van der Waals surface area (Å²) < 4.78 is 41.2. The average molecular weight is 627 g/mol. The number of hydrogen-bond acceptors (Lipinski definition) is 5. The van der Waals surface area contributed by atoms with Gasteiger partial charge in [-0.25, -0.2) is 13.1 Å². The van der Waals surface area contributed by atoms with Crippen LogP contribution in [-0.4, -0.2) is 33.6 Å². The predicted octanol–water partition coefficient (Wildman–Crippen LogP) is 7.05. The van der Waals surface area contributed by atoms with E-state index in [9.17, 15) is 13.2 Å². The van der Waals surface area contributed by atoms with E-state index in [2.05, 4.69) is 69.2 Å². The lowest BCUT2D eigenvalue weighted by Gasteiger charge is -2.25. The SMILES string of the molecule is COC(=O)CCCC=CC[C@@H]1[C@@H](NS(=O)(=O)c2ccc(Br)cc2)CC[C@@H]1OCc1ccc(-c2ccccc2)cc1. The normalized spacial score (nSPS) is 19.2. The van der Waals surface area contributed by atoms with E-state index >= 15 is 0 Å². The molecule has 1 saturated carbocycles. The van der Waals surface area contributed by atoms with Crippen LogP contribution in [0.5, 0.6) is 0 Å². The van der Waals surface area contributed by atoms with Crippen LogP contribution in [0, 0.1) is 5.92 Å². The van der Waals surface area contributed by atoms with Crippen molar-refractivity contribution in [1.29, 1.82) is 0 Å². The second-order valence-corrected chi connectivity index (χ2v) is 12.6. The molecule has 40 heavy (non-hydrogen) atoms. The minimum atomic E-state index is -3.67. The Morgan fingerprint density at radius 1 is 0.950 bits per heavy atom. The second-order valence-electron chi connectivity index (χ2n) is 10.0. The fourth-order valence-electron chi connectivity index (χ4n) is 5.05. The number of esters is 1. The summed E-state index contributed by atoms with van der Waals surface area (Å²) in [4.78, 5) is 11.6. The van der Waals surface area contributed by atoms with Gasteiger partial charge in [-0.1, -0.05) is 82.7 Å². The lowest BCUT2D eigenvalue weighted by molar-refractivity contribution is -0.140. The van der Waals surface area contributed by atoms with Gasteiger partial charge in [-0.2, -0.15) is 0 Å². The molecule has 3 atom stereocenters. The minimum absolute atomic E-state index is 0.00864. The first kappa shape index (κ1) is 30.2. The largest absolute Gasteiger partial charge is 0.469 e. The molecule has 0 bridgehead atoms. The lowest BCUT2D eigenvalue weighted by Crippen LogP contribution is -2.39. The number of sulfonamides is 1. The number of nitrogens with one attached hydrogen (secondary N) is 1. The monoisotopic (exact) mass is 625 g/mol. The molecule has 0 aromatic heterocycles. The van der Waals surface area contributed by atoms with E-state index in [0.717, 1.165) is 28.4 Å². The Balaban J connectivity index is 1.40. The van der Waals surface area contributed by atoms with Crippen molar-refractivity contribution in [3.63, 3.8) is 0 Å². The molecule has 0 aliphatic heterocycles. The molecule has 1 aliphatic carbocycles. The number of halogens is 1. The molecule has 8 heteroatoms. The van der Waals surface area contributed by atoms with E-state index < -0.39 is 10.0 Å². The summed E-state index contributed by atoms with van der Waals surface area (Å²) in [5.41, 5.74) is 3.41. The van der Waals surface area contributed by atoms with E-state index in [4.69, 9.17) is 9.47 Å². The lowest BCUT2D eigenvalue weighted by atomic mass is 9.97. The Kier molecular flexibility index (Phi) is 11.1. The third-order valence-electron chi connectivity index (χ3n) is 7.27. The average Bonchev–Trinajstić information content (AvgIpc) is 3.34. The van der Waals surface area contributed by atoms with Crippen molar-refractivity contribution >= 4 is 31.9 Å². The first-order valence-corrected chi connectivity index (χ1v) is 15.9. The molecule has 0 radical (unpaired) electrons. The Morgan fingerprint density at radius 3 is 2.35 bits per heavy atom. The molecule has 3 aromatic carbocycles. The Labute approximate surface area is 246 Å². The third-order valence-corrected chi connectivity index (χ3v) is 9.30. The summed E-state index contributed by atoms with van der Waals surface area (Å²) in [6.45, 7) is 0.464. The molecule has 0 amide bonds. The molecular formula is C32H36BrNO5S. The number of carbonyl (C=O) groups excluding carboxylic acids is 1. The van der Waals surface area contributed by atoms with Gasteiger partial charge >= 0.3 is 5.97 Å². The molecule has 0 saturated heterocycles. The number of rotatable bonds is 13. The number of benzene rings is 3. The highest BCUT2D eigenvalue weighted by atomic mass is 79.9. The summed E-state index contributed by atoms with van der Waals surface area (Å²) >= 11 is 3.36. The van der Waals surface area contributed by atoms with E-state index in [1.807, 2.05) is 18.2 Å². The molecule has 0 spiro atoms. The number of hydrogen-bond donors (Lipinski definition) is 1. The Hall–Kier alpha value is -2.78. The van der Waals surface area contributed by atoms with Crippen LogP contribution in [-0.2, 0) is 30.9 Å². The predicted molar refractivity (Wildman–Crippen MR) is 161 cm³/mol. The molecule has 212 valence electrons. The van der Waals surface area contributed by atoms with Gasteiger partial charge in [0.05, 0.1) is 24.7 Å². The quantitative estimate of drug-likeness (QED) is 0.125. The zero-order chi connectivity index (χ0) is 28.4. The van der Waals surface area contributed by atoms with Gasteiger partial charge in [0.2, 0.25) is 10.0 Å². The fourth-order valence-corrected chi connectivity index (χ4v) is 6.63. The molecular weight excluding hydrogens is 590 g/mol. The molecule has 1 aliphatic rings. The van der Waals surface area contributed by atoms with Crippen LogP contribution in [0.4, 0.5) is 0 Å². The van der Waals surface area contributed by atoms with Crippen LogP contribution < -0.4 is 4.72 Å². The highest BCUT2D eigenvalue weighted by Gasteiger charge is 2.38. The molecule has 6 nitrogen and oxygen atoms in total. The second kappa shape index (κ2) is 14.7. The summed E-state index contributed by atoms with van der Waals surface area (Å²) in [7, 11) is -2.27. The van der Waals surface area contributed by atoms with Crippen LogP contribution in [0.15, 0.2) is 100 Å². The summed E-state index contributed by atoms with van der Waals surface area (Å²) in [6.07, 6.45) is 8.08. The third kappa shape index (κ3) is 8.61. The van der Waals surface area contributed by atoms with Gasteiger partial charge in [-0.15, -0.1) is 0 Å². The van der Waals surface area contributed by atoms with Crippen molar-refractivity contribution in [2.24, 2.45) is 5.92 Å². The van der Waals surface area contributed by atoms with Gasteiger partial charge in [0, 0.05) is 22.9 Å². The van der Waals surface area contributed by atoms with Crippen LogP contribution in [0.25, 0.3) is 11.1 Å². The number of unbranched alkanes of at least 4 members (excludes halogenated alkanes) is 1. The first-order chi connectivity index (χ1) is 19.4. The molecule has 0 unspecified atom stereocenters. The molecule has 1 fully saturated rings. The van der Waals surface area contributed by atoms with E-state index in [1.165, 1.54) is 12.7 Å². The van der Waals surface area contributed by atoms with Crippen molar-refractivity contribution < 1.29 is 22.7 Å². The minimum Gasteiger partial charge on any atom is -0.469 e. The van der Waals surface area contributed by atoms with Gasteiger partial charge in [-0.3, -0.25) is 4.79 Å². The fraction of sp³-hybridized carbons (Fsp3) is 0.344. The van der Waals surface area contributed by atoms with Crippen molar-refractivity contribution in [3.05, 3.63) is 101 Å². The van der Waals surface area contributed by atoms with Crippen LogP contribution >= 0.6 is 15.9 Å². The zero-order valence-electron chi connectivity index (χ0n) is 22.7. The maximum Gasteiger partial charge on any atom is 0.305 e. The van der Waals surface area contributed by atoms with Crippen molar-refractivity contribution in [2.45, 2.75) is 62.2 Å². The van der Waals surface area contributed by atoms with Crippen molar-refractivity contribution in [3.8, 4) is 11.1 Å².